The quantitative estimate of drug-likeness (QED) is 0.887. The van der Waals surface area contributed by atoms with Crippen molar-refractivity contribution in [2.45, 2.75) is 19.3 Å². The summed E-state index contributed by atoms with van der Waals surface area (Å²) >= 11 is 3.49. The summed E-state index contributed by atoms with van der Waals surface area (Å²) in [5.41, 5.74) is 6.71. The third kappa shape index (κ3) is 3.41. The second-order valence-corrected chi connectivity index (χ2v) is 5.82. The number of para-hydroxylation sites is 1. The molecule has 1 aromatic carbocycles. The topological polar surface area (TPSA) is 80.0 Å². The third-order valence-corrected chi connectivity index (χ3v) is 4.09. The highest BCUT2D eigenvalue weighted by Gasteiger charge is 2.15. The molecule has 110 valence electrons. The van der Waals surface area contributed by atoms with E-state index >= 15 is 0 Å². The first-order valence-corrected chi connectivity index (χ1v) is 7.80. The number of nitrogens with two attached hydrogens (primary N) is 1. The van der Waals surface area contributed by atoms with Crippen molar-refractivity contribution in [1.82, 2.24) is 15.0 Å². The van der Waals surface area contributed by atoms with Gasteiger partial charge in [0.05, 0.1) is 5.69 Å². The van der Waals surface area contributed by atoms with Gasteiger partial charge in [-0.1, -0.05) is 12.1 Å². The summed E-state index contributed by atoms with van der Waals surface area (Å²) < 4.78 is 0.948. The van der Waals surface area contributed by atoms with Crippen molar-refractivity contribution in [1.29, 1.82) is 0 Å². The van der Waals surface area contributed by atoms with E-state index in [-0.39, 0.29) is 5.95 Å². The minimum atomic E-state index is 0.236. The summed E-state index contributed by atoms with van der Waals surface area (Å²) in [6.07, 6.45) is 3.59. The first kappa shape index (κ1) is 14.1. The lowest BCUT2D eigenvalue weighted by atomic mass is 10.1. The second kappa shape index (κ2) is 6.26. The normalized spacial score (nSPS) is 15.0. The Morgan fingerprint density at radius 2 is 1.81 bits per heavy atom. The van der Waals surface area contributed by atoms with Crippen LogP contribution in [-0.4, -0.2) is 28.0 Å². The lowest BCUT2D eigenvalue weighted by Gasteiger charge is -2.26. The van der Waals surface area contributed by atoms with Crippen molar-refractivity contribution in [2.75, 3.05) is 29.0 Å². The fourth-order valence-corrected chi connectivity index (χ4v) is 2.74. The molecular weight excluding hydrogens is 332 g/mol. The molecule has 0 radical (unpaired) electrons. The van der Waals surface area contributed by atoms with Gasteiger partial charge < -0.3 is 16.0 Å². The fourth-order valence-electron chi connectivity index (χ4n) is 2.35. The summed E-state index contributed by atoms with van der Waals surface area (Å²) in [7, 11) is 0. The van der Waals surface area contributed by atoms with Crippen LogP contribution < -0.4 is 16.0 Å². The van der Waals surface area contributed by atoms with Gasteiger partial charge in [-0.15, -0.1) is 0 Å². The average Bonchev–Trinajstić information content (AvgIpc) is 2.50. The molecule has 0 atom stereocenters. The van der Waals surface area contributed by atoms with Crippen LogP contribution in [0.25, 0.3) is 0 Å². The Balaban J connectivity index is 1.85. The molecule has 7 heteroatoms. The Kier molecular flexibility index (Phi) is 4.19. The van der Waals surface area contributed by atoms with Gasteiger partial charge in [0.25, 0.3) is 0 Å². The predicted octanol–water partition coefficient (Wildman–Crippen LogP) is 2.95. The maximum Gasteiger partial charge on any atom is 0.233 e. The van der Waals surface area contributed by atoms with Crippen LogP contribution in [0.4, 0.5) is 23.5 Å². The maximum atomic E-state index is 5.82. The zero-order valence-corrected chi connectivity index (χ0v) is 13.2. The highest BCUT2D eigenvalue weighted by Crippen LogP contribution is 2.25. The highest BCUT2D eigenvalue weighted by atomic mass is 79.9. The molecule has 1 aromatic heterocycles. The van der Waals surface area contributed by atoms with E-state index in [0.717, 1.165) is 23.2 Å². The Bertz CT molecular complexity index is 627. The lowest BCUT2D eigenvalue weighted by molar-refractivity contribution is 0.568. The summed E-state index contributed by atoms with van der Waals surface area (Å²) in [4.78, 5) is 15.1. The van der Waals surface area contributed by atoms with Crippen molar-refractivity contribution in [2.24, 2.45) is 0 Å². The van der Waals surface area contributed by atoms with Crippen molar-refractivity contribution in [3.63, 3.8) is 0 Å². The molecule has 1 aliphatic heterocycles. The molecule has 0 spiro atoms. The zero-order chi connectivity index (χ0) is 14.7. The van der Waals surface area contributed by atoms with Crippen molar-refractivity contribution in [3.8, 4) is 0 Å². The monoisotopic (exact) mass is 348 g/mol. The molecule has 0 aliphatic carbocycles. The van der Waals surface area contributed by atoms with Gasteiger partial charge in [-0.25, -0.2) is 0 Å². The van der Waals surface area contributed by atoms with E-state index in [1.165, 1.54) is 19.3 Å². The van der Waals surface area contributed by atoms with Gasteiger partial charge in [0.1, 0.15) is 0 Å². The van der Waals surface area contributed by atoms with Gasteiger partial charge in [-0.2, -0.15) is 15.0 Å². The van der Waals surface area contributed by atoms with Crippen molar-refractivity contribution >= 4 is 39.5 Å². The van der Waals surface area contributed by atoms with Gasteiger partial charge in [-0.05, 0) is 47.3 Å². The van der Waals surface area contributed by atoms with Gasteiger partial charge >= 0.3 is 0 Å². The Morgan fingerprint density at radius 3 is 2.57 bits per heavy atom. The number of nitrogen functional groups attached to an aromatic ring is 1. The number of hydrogen-bond donors (Lipinski definition) is 2. The van der Waals surface area contributed by atoms with E-state index in [1.807, 2.05) is 24.3 Å². The Labute approximate surface area is 131 Å². The number of nitrogens with one attached hydrogen (secondary N) is 1. The molecule has 2 aromatic rings. The van der Waals surface area contributed by atoms with Crippen LogP contribution in [0.5, 0.6) is 0 Å². The maximum absolute atomic E-state index is 5.82. The average molecular weight is 349 g/mol. The summed E-state index contributed by atoms with van der Waals surface area (Å²) in [6.45, 7) is 1.94. The number of halogens is 1. The van der Waals surface area contributed by atoms with Gasteiger partial charge in [0, 0.05) is 17.6 Å². The molecule has 0 unspecified atom stereocenters. The second-order valence-electron chi connectivity index (χ2n) is 4.97. The predicted molar refractivity (Wildman–Crippen MR) is 87.7 cm³/mol. The van der Waals surface area contributed by atoms with E-state index in [2.05, 4.69) is 41.1 Å². The number of rotatable bonds is 3. The molecule has 0 bridgehead atoms. The molecule has 1 fully saturated rings. The molecule has 3 N–H and O–H groups in total. The fraction of sp³-hybridized carbons (Fsp3) is 0.357. The van der Waals surface area contributed by atoms with Crippen molar-refractivity contribution in [3.05, 3.63) is 28.7 Å². The Morgan fingerprint density at radius 1 is 1.05 bits per heavy atom. The van der Waals surface area contributed by atoms with Crippen molar-refractivity contribution < 1.29 is 0 Å². The van der Waals surface area contributed by atoms with Crippen LogP contribution in [0.3, 0.4) is 0 Å². The van der Waals surface area contributed by atoms with Gasteiger partial charge in [0.15, 0.2) is 0 Å². The van der Waals surface area contributed by atoms with Gasteiger partial charge in [-0.3, -0.25) is 0 Å². The summed E-state index contributed by atoms with van der Waals surface area (Å²) in [6, 6.07) is 7.81. The molecule has 3 rings (SSSR count). The standard InChI is InChI=1S/C14H17BrN6/c15-10-6-2-3-7-11(10)17-13-18-12(16)19-14(20-13)21-8-4-1-5-9-21/h2-3,6-7H,1,4-5,8-9H2,(H3,16,17,18,19,20). The molecule has 0 amide bonds. The first-order valence-electron chi connectivity index (χ1n) is 7.00. The van der Waals surface area contributed by atoms with E-state index in [0.29, 0.717) is 11.9 Å². The van der Waals surface area contributed by atoms with Crippen LogP contribution in [0.1, 0.15) is 19.3 Å². The van der Waals surface area contributed by atoms with Crippen LogP contribution in [0.2, 0.25) is 0 Å². The molecule has 1 aliphatic rings. The van der Waals surface area contributed by atoms with Crippen LogP contribution in [0.15, 0.2) is 28.7 Å². The summed E-state index contributed by atoms with van der Waals surface area (Å²) in [5, 5.41) is 3.18. The molecule has 21 heavy (non-hydrogen) atoms. The van der Waals surface area contributed by atoms with Crippen LogP contribution in [0, 0.1) is 0 Å². The largest absolute Gasteiger partial charge is 0.368 e. The number of hydrogen-bond acceptors (Lipinski definition) is 6. The van der Waals surface area contributed by atoms with Gasteiger partial charge in [0.2, 0.25) is 17.8 Å². The van der Waals surface area contributed by atoms with E-state index in [9.17, 15) is 0 Å². The molecular formula is C14H17BrN6. The molecule has 2 heterocycles. The molecule has 0 saturated carbocycles. The minimum absolute atomic E-state index is 0.236. The SMILES string of the molecule is Nc1nc(Nc2ccccc2Br)nc(N2CCCCC2)n1. The number of anilines is 4. The minimum Gasteiger partial charge on any atom is -0.368 e. The number of benzene rings is 1. The zero-order valence-electron chi connectivity index (χ0n) is 11.6. The number of nitrogens with zero attached hydrogens (tertiary/aromatic N) is 4. The first-order chi connectivity index (χ1) is 10.2. The number of piperidine rings is 1. The van der Waals surface area contributed by atoms with E-state index < -0.39 is 0 Å². The van der Waals surface area contributed by atoms with E-state index in [4.69, 9.17) is 5.73 Å². The highest BCUT2D eigenvalue weighted by molar-refractivity contribution is 9.10. The lowest BCUT2D eigenvalue weighted by Crippen LogP contribution is -2.31. The smallest absolute Gasteiger partial charge is 0.233 e. The van der Waals surface area contributed by atoms with E-state index in [1.54, 1.807) is 0 Å². The summed E-state index contributed by atoms with van der Waals surface area (Å²) in [5.74, 6) is 1.35. The van der Waals surface area contributed by atoms with Crippen LogP contribution >= 0.6 is 15.9 Å². The van der Waals surface area contributed by atoms with Crippen LogP contribution in [-0.2, 0) is 0 Å². The molecule has 1 saturated heterocycles. The molecule has 6 nitrogen and oxygen atoms in total. The number of aromatic nitrogens is 3. The Hall–Kier alpha value is -1.89. The third-order valence-electron chi connectivity index (χ3n) is 3.40.